The van der Waals surface area contributed by atoms with Crippen LogP contribution in [0.1, 0.15) is 17.5 Å². The molecule has 1 saturated heterocycles. The molecule has 1 aromatic heterocycles. The fourth-order valence-electron chi connectivity index (χ4n) is 3.49. The summed E-state index contributed by atoms with van der Waals surface area (Å²) in [5.74, 6) is 1.30. The van der Waals surface area contributed by atoms with E-state index in [0.29, 0.717) is 6.04 Å². The number of fused-ring (bicyclic) bond motifs is 1. The third-order valence-electron chi connectivity index (χ3n) is 4.56. The molecule has 0 aliphatic carbocycles. The largest absolute Gasteiger partial charge is 0.348 e. The number of nitrogens with zero attached hydrogens (tertiary/aromatic N) is 2. The molecule has 4 rings (SSSR count). The van der Waals surface area contributed by atoms with Crippen molar-refractivity contribution in [2.45, 2.75) is 25.4 Å². The van der Waals surface area contributed by atoms with Gasteiger partial charge in [0.05, 0.1) is 0 Å². The van der Waals surface area contributed by atoms with E-state index < -0.39 is 0 Å². The van der Waals surface area contributed by atoms with Gasteiger partial charge in [0.2, 0.25) is 0 Å². The first-order chi connectivity index (χ1) is 10.4. The summed E-state index contributed by atoms with van der Waals surface area (Å²) in [5, 5.41) is 0. The maximum Gasteiger partial charge on any atom is 0.113 e. The fraction of sp³-hybridized carbons (Fsp3) is 0.333. The van der Waals surface area contributed by atoms with Crippen molar-refractivity contribution in [3.8, 4) is 0 Å². The molecule has 1 fully saturated rings. The number of hydrogen-bond acceptors (Lipinski definition) is 2. The zero-order chi connectivity index (χ0) is 14.1. The number of anilines is 1. The SMILES string of the molecule is C1=CN(C2CCN(Cc3ccccc3)C2)c2[nH]ccc2C1. The first kappa shape index (κ1) is 12.7. The Morgan fingerprint density at radius 2 is 2.05 bits per heavy atom. The van der Waals surface area contributed by atoms with E-state index >= 15 is 0 Å². The number of nitrogens with one attached hydrogen (secondary N) is 1. The molecule has 0 saturated carbocycles. The van der Waals surface area contributed by atoms with E-state index in [2.05, 4.69) is 69.7 Å². The standard InChI is InChI=1S/C18H21N3/c1-2-5-15(6-3-1)13-20-12-9-17(14-20)21-11-4-7-16-8-10-19-18(16)21/h1-6,8,10-11,17,19H,7,9,12-14H2. The minimum absolute atomic E-state index is 0.586. The zero-order valence-corrected chi connectivity index (χ0v) is 12.2. The highest BCUT2D eigenvalue weighted by Gasteiger charge is 2.29. The van der Waals surface area contributed by atoms with Gasteiger partial charge in [-0.2, -0.15) is 0 Å². The second-order valence-electron chi connectivity index (χ2n) is 6.01. The molecule has 3 heteroatoms. The Hall–Kier alpha value is -2.00. The molecule has 2 aliphatic heterocycles. The van der Waals surface area contributed by atoms with Gasteiger partial charge in [0.1, 0.15) is 5.82 Å². The number of aromatic amines is 1. The van der Waals surface area contributed by atoms with E-state index in [-0.39, 0.29) is 0 Å². The Morgan fingerprint density at radius 3 is 2.95 bits per heavy atom. The molecule has 0 bridgehead atoms. The van der Waals surface area contributed by atoms with Crippen LogP contribution in [0.3, 0.4) is 0 Å². The molecule has 1 unspecified atom stereocenters. The first-order valence-corrected chi connectivity index (χ1v) is 7.78. The van der Waals surface area contributed by atoms with E-state index in [1.54, 1.807) is 0 Å². The molecule has 3 nitrogen and oxygen atoms in total. The van der Waals surface area contributed by atoms with Gasteiger partial charge in [-0.1, -0.05) is 36.4 Å². The Bertz CT molecular complexity index is 629. The van der Waals surface area contributed by atoms with Crippen molar-refractivity contribution in [2.75, 3.05) is 18.0 Å². The number of H-pyrrole nitrogens is 1. The van der Waals surface area contributed by atoms with Gasteiger partial charge in [0, 0.05) is 38.1 Å². The Kier molecular flexibility index (Phi) is 3.28. The summed E-state index contributed by atoms with van der Waals surface area (Å²) in [4.78, 5) is 8.40. The third kappa shape index (κ3) is 2.49. The zero-order valence-electron chi connectivity index (χ0n) is 12.2. The Balaban J connectivity index is 1.45. The lowest BCUT2D eigenvalue weighted by Gasteiger charge is -2.30. The summed E-state index contributed by atoms with van der Waals surface area (Å²) in [6, 6.07) is 13.6. The van der Waals surface area contributed by atoms with Crippen LogP contribution in [-0.2, 0) is 13.0 Å². The summed E-state index contributed by atoms with van der Waals surface area (Å²) < 4.78 is 0. The van der Waals surface area contributed by atoms with E-state index in [9.17, 15) is 0 Å². The average Bonchev–Trinajstić information content (AvgIpc) is 3.16. The number of likely N-dealkylation sites (tertiary alicyclic amines) is 1. The summed E-state index contributed by atoms with van der Waals surface area (Å²) in [7, 11) is 0. The van der Waals surface area contributed by atoms with Gasteiger partial charge in [-0.05, 0) is 30.0 Å². The van der Waals surface area contributed by atoms with Gasteiger partial charge < -0.3 is 9.88 Å². The molecular weight excluding hydrogens is 258 g/mol. The minimum Gasteiger partial charge on any atom is -0.348 e. The lowest BCUT2D eigenvalue weighted by Crippen LogP contribution is -2.35. The number of rotatable bonds is 3. The molecule has 108 valence electrons. The van der Waals surface area contributed by atoms with Gasteiger partial charge >= 0.3 is 0 Å². The minimum atomic E-state index is 0.586. The second kappa shape index (κ2) is 5.41. The third-order valence-corrected chi connectivity index (χ3v) is 4.56. The molecular formula is C18H21N3. The predicted octanol–water partition coefficient (Wildman–Crippen LogP) is 3.17. The van der Waals surface area contributed by atoms with E-state index in [1.807, 2.05) is 0 Å². The van der Waals surface area contributed by atoms with Crippen LogP contribution in [0.4, 0.5) is 5.82 Å². The maximum absolute atomic E-state index is 3.41. The van der Waals surface area contributed by atoms with Gasteiger partial charge in [0.15, 0.2) is 0 Å². The van der Waals surface area contributed by atoms with Crippen molar-refractivity contribution < 1.29 is 0 Å². The van der Waals surface area contributed by atoms with Crippen LogP contribution >= 0.6 is 0 Å². The quantitative estimate of drug-likeness (QED) is 0.932. The number of allylic oxidation sites excluding steroid dienone is 1. The number of aromatic nitrogens is 1. The van der Waals surface area contributed by atoms with Crippen molar-refractivity contribution in [1.29, 1.82) is 0 Å². The highest BCUT2D eigenvalue weighted by Crippen LogP contribution is 2.29. The molecule has 21 heavy (non-hydrogen) atoms. The molecule has 2 aliphatic rings. The molecule has 0 spiro atoms. The number of hydrogen-bond donors (Lipinski definition) is 1. The van der Waals surface area contributed by atoms with Crippen molar-refractivity contribution in [3.63, 3.8) is 0 Å². The van der Waals surface area contributed by atoms with E-state index in [1.165, 1.54) is 29.9 Å². The molecule has 1 N–H and O–H groups in total. The number of benzene rings is 1. The Labute approximate surface area is 125 Å². The molecule has 1 atom stereocenters. The molecule has 1 aromatic carbocycles. The van der Waals surface area contributed by atoms with Crippen LogP contribution in [0.15, 0.2) is 54.9 Å². The Morgan fingerprint density at radius 1 is 1.14 bits per heavy atom. The molecule has 2 aromatic rings. The molecule has 3 heterocycles. The average molecular weight is 279 g/mol. The highest BCUT2D eigenvalue weighted by molar-refractivity contribution is 5.55. The van der Waals surface area contributed by atoms with Crippen LogP contribution < -0.4 is 4.90 Å². The monoisotopic (exact) mass is 279 g/mol. The van der Waals surface area contributed by atoms with Crippen LogP contribution in [-0.4, -0.2) is 29.0 Å². The van der Waals surface area contributed by atoms with Crippen LogP contribution in [0, 0.1) is 0 Å². The van der Waals surface area contributed by atoms with Crippen molar-refractivity contribution >= 4 is 5.82 Å². The fourth-order valence-corrected chi connectivity index (χ4v) is 3.49. The highest BCUT2D eigenvalue weighted by atomic mass is 15.3. The predicted molar refractivity (Wildman–Crippen MR) is 86.2 cm³/mol. The van der Waals surface area contributed by atoms with E-state index in [4.69, 9.17) is 0 Å². The van der Waals surface area contributed by atoms with Gasteiger partial charge in [-0.15, -0.1) is 0 Å². The maximum atomic E-state index is 3.41. The topological polar surface area (TPSA) is 22.3 Å². The summed E-state index contributed by atoms with van der Waals surface area (Å²) in [6.45, 7) is 3.38. The summed E-state index contributed by atoms with van der Waals surface area (Å²) in [6.07, 6.45) is 8.87. The molecule has 0 amide bonds. The van der Waals surface area contributed by atoms with Crippen molar-refractivity contribution in [2.24, 2.45) is 0 Å². The summed E-state index contributed by atoms with van der Waals surface area (Å²) >= 11 is 0. The lowest BCUT2D eigenvalue weighted by atomic mass is 10.1. The van der Waals surface area contributed by atoms with Gasteiger partial charge in [-0.25, -0.2) is 0 Å². The first-order valence-electron chi connectivity index (χ1n) is 7.78. The molecule has 0 radical (unpaired) electrons. The second-order valence-corrected chi connectivity index (χ2v) is 6.01. The van der Waals surface area contributed by atoms with Crippen molar-refractivity contribution in [1.82, 2.24) is 9.88 Å². The van der Waals surface area contributed by atoms with Crippen LogP contribution in [0.25, 0.3) is 0 Å². The van der Waals surface area contributed by atoms with E-state index in [0.717, 1.165) is 19.5 Å². The van der Waals surface area contributed by atoms with Crippen molar-refractivity contribution in [3.05, 3.63) is 66.0 Å². The smallest absolute Gasteiger partial charge is 0.113 e. The lowest BCUT2D eigenvalue weighted by molar-refractivity contribution is 0.326. The van der Waals surface area contributed by atoms with Crippen LogP contribution in [0.2, 0.25) is 0 Å². The van der Waals surface area contributed by atoms with Gasteiger partial charge in [-0.3, -0.25) is 4.90 Å². The normalized spacial score (nSPS) is 21.7. The summed E-state index contributed by atoms with van der Waals surface area (Å²) in [5.41, 5.74) is 2.83. The van der Waals surface area contributed by atoms with Gasteiger partial charge in [0.25, 0.3) is 0 Å². The van der Waals surface area contributed by atoms with Crippen LogP contribution in [0.5, 0.6) is 0 Å².